The summed E-state index contributed by atoms with van der Waals surface area (Å²) in [5.74, 6) is -0.929. The molecule has 7 nitrogen and oxygen atoms in total. The molecule has 7 heteroatoms. The van der Waals surface area contributed by atoms with E-state index < -0.39 is 12.0 Å². The first-order valence-corrected chi connectivity index (χ1v) is 10.0. The molecule has 2 N–H and O–H groups in total. The molecule has 2 unspecified atom stereocenters. The normalized spacial score (nSPS) is 17.6. The molecule has 2 aromatic carbocycles. The number of piperazine rings is 1. The Morgan fingerprint density at radius 2 is 1.80 bits per heavy atom. The molecule has 2 aromatic rings. The lowest BCUT2D eigenvalue weighted by atomic mass is 9.98. The highest BCUT2D eigenvalue weighted by Crippen LogP contribution is 2.19. The topological polar surface area (TPSA) is 87.7 Å². The number of carbonyl (C=O) groups is 3. The third-order valence-electron chi connectivity index (χ3n) is 5.20. The smallest absolute Gasteiger partial charge is 0.307 e. The predicted molar refractivity (Wildman–Crippen MR) is 112 cm³/mol. The van der Waals surface area contributed by atoms with E-state index in [1.165, 1.54) is 7.11 Å². The van der Waals surface area contributed by atoms with Crippen LogP contribution in [0.25, 0.3) is 0 Å². The van der Waals surface area contributed by atoms with Gasteiger partial charge >= 0.3 is 5.97 Å². The number of hydrogen-bond acceptors (Lipinski definition) is 5. The van der Waals surface area contributed by atoms with Gasteiger partial charge in [-0.25, -0.2) is 0 Å². The zero-order chi connectivity index (χ0) is 21.3. The summed E-state index contributed by atoms with van der Waals surface area (Å²) in [5, 5.41) is 5.85. The molecule has 1 heterocycles. The molecular formula is C23H27N3O4. The first-order valence-electron chi connectivity index (χ1n) is 10.0. The van der Waals surface area contributed by atoms with Gasteiger partial charge in [-0.2, -0.15) is 0 Å². The van der Waals surface area contributed by atoms with E-state index in [1.54, 1.807) is 4.90 Å². The number of hydrogen-bond donors (Lipinski definition) is 2. The fraction of sp³-hybridized carbons (Fsp3) is 0.348. The summed E-state index contributed by atoms with van der Waals surface area (Å²) in [4.78, 5) is 38.5. The molecule has 0 spiro atoms. The fourth-order valence-electron chi connectivity index (χ4n) is 3.63. The minimum atomic E-state index is -0.707. The van der Waals surface area contributed by atoms with Gasteiger partial charge in [-0.05, 0) is 17.5 Å². The van der Waals surface area contributed by atoms with Crippen molar-refractivity contribution in [2.24, 2.45) is 0 Å². The monoisotopic (exact) mass is 409 g/mol. The van der Waals surface area contributed by atoms with Crippen molar-refractivity contribution in [3.63, 3.8) is 0 Å². The van der Waals surface area contributed by atoms with Crippen molar-refractivity contribution in [1.82, 2.24) is 15.5 Å². The lowest BCUT2D eigenvalue weighted by Gasteiger charge is -2.34. The van der Waals surface area contributed by atoms with Crippen molar-refractivity contribution < 1.29 is 19.1 Å². The highest BCUT2D eigenvalue weighted by atomic mass is 16.5. The van der Waals surface area contributed by atoms with Gasteiger partial charge in [0.05, 0.1) is 26.1 Å². The molecular weight excluding hydrogens is 382 g/mol. The molecule has 158 valence electrons. The molecule has 1 aliphatic rings. The Kier molecular flexibility index (Phi) is 7.57. The molecule has 1 fully saturated rings. The van der Waals surface area contributed by atoms with Crippen LogP contribution in [0.4, 0.5) is 0 Å². The quantitative estimate of drug-likeness (QED) is 0.645. The maximum absolute atomic E-state index is 12.9. The lowest BCUT2D eigenvalue weighted by Crippen LogP contribution is -2.58. The Morgan fingerprint density at radius 1 is 1.13 bits per heavy atom. The number of benzene rings is 2. The van der Waals surface area contributed by atoms with Gasteiger partial charge < -0.3 is 15.4 Å². The largest absolute Gasteiger partial charge is 0.469 e. The van der Waals surface area contributed by atoms with Gasteiger partial charge in [-0.1, -0.05) is 60.7 Å². The Morgan fingerprint density at radius 3 is 2.47 bits per heavy atom. The van der Waals surface area contributed by atoms with Crippen molar-refractivity contribution in [3.8, 4) is 0 Å². The summed E-state index contributed by atoms with van der Waals surface area (Å²) in [6.45, 7) is 0.971. The Hall–Kier alpha value is -3.19. The minimum Gasteiger partial charge on any atom is -0.469 e. The number of carbonyl (C=O) groups excluding carboxylic acids is 3. The molecule has 2 amide bonds. The molecule has 0 bridgehead atoms. The van der Waals surface area contributed by atoms with Crippen molar-refractivity contribution in [2.75, 3.05) is 26.7 Å². The second-order valence-corrected chi connectivity index (χ2v) is 7.28. The molecule has 0 saturated carbocycles. The molecule has 0 aliphatic carbocycles. The summed E-state index contributed by atoms with van der Waals surface area (Å²) in [6.07, 6.45) is 0.574. The van der Waals surface area contributed by atoms with Gasteiger partial charge in [0, 0.05) is 13.1 Å². The third-order valence-corrected chi connectivity index (χ3v) is 5.20. The van der Waals surface area contributed by atoms with Crippen LogP contribution in [-0.4, -0.2) is 55.5 Å². The fourth-order valence-corrected chi connectivity index (χ4v) is 3.63. The molecule has 1 aliphatic heterocycles. The van der Waals surface area contributed by atoms with Gasteiger partial charge in [-0.15, -0.1) is 0 Å². The number of ether oxygens (including phenoxy) is 1. The summed E-state index contributed by atoms with van der Waals surface area (Å²) in [6, 6.07) is 18.9. The zero-order valence-corrected chi connectivity index (χ0v) is 17.0. The second kappa shape index (κ2) is 10.5. The molecule has 0 aromatic heterocycles. The maximum Gasteiger partial charge on any atom is 0.307 e. The Bertz CT molecular complexity index is 857. The summed E-state index contributed by atoms with van der Waals surface area (Å²) in [5.41, 5.74) is 2.13. The molecule has 30 heavy (non-hydrogen) atoms. The van der Waals surface area contributed by atoms with Crippen molar-refractivity contribution >= 4 is 17.8 Å². The maximum atomic E-state index is 12.9. The van der Waals surface area contributed by atoms with E-state index in [4.69, 9.17) is 4.74 Å². The summed E-state index contributed by atoms with van der Waals surface area (Å²) in [7, 11) is 1.29. The second-order valence-electron chi connectivity index (χ2n) is 7.28. The number of methoxy groups -OCH3 is 1. The lowest BCUT2D eigenvalue weighted by molar-refractivity contribution is -0.146. The number of rotatable bonds is 8. The summed E-state index contributed by atoms with van der Waals surface area (Å²) >= 11 is 0. The van der Waals surface area contributed by atoms with E-state index in [-0.39, 0.29) is 30.8 Å². The Labute approximate surface area is 176 Å². The van der Waals surface area contributed by atoms with Crippen LogP contribution in [0.5, 0.6) is 0 Å². The van der Waals surface area contributed by atoms with E-state index in [0.717, 1.165) is 11.1 Å². The van der Waals surface area contributed by atoms with Crippen LogP contribution in [0.1, 0.15) is 23.6 Å². The standard InChI is InChI=1S/C23H27N3O4/c1-30-22(28)15-20-23(29)24-12-13-26(20)16-21(27)25-19(18-10-6-3-7-11-18)14-17-8-4-2-5-9-17/h2-11,19-20H,12-16H2,1H3,(H,24,29)(H,25,27). The average Bonchev–Trinajstić information content (AvgIpc) is 2.77. The molecule has 2 atom stereocenters. The van der Waals surface area contributed by atoms with Gasteiger partial charge in [0.15, 0.2) is 0 Å². The summed E-state index contributed by atoms with van der Waals surface area (Å²) < 4.78 is 4.70. The highest BCUT2D eigenvalue weighted by Gasteiger charge is 2.33. The van der Waals surface area contributed by atoms with Gasteiger partial charge in [0.1, 0.15) is 6.04 Å². The van der Waals surface area contributed by atoms with Crippen LogP contribution in [-0.2, 0) is 25.5 Å². The van der Waals surface area contributed by atoms with Crippen molar-refractivity contribution in [2.45, 2.75) is 24.9 Å². The number of esters is 1. The SMILES string of the molecule is COC(=O)CC1C(=O)NCCN1CC(=O)NC(Cc1ccccc1)c1ccccc1. The number of nitrogens with zero attached hydrogens (tertiary/aromatic N) is 1. The van der Waals surface area contributed by atoms with E-state index in [0.29, 0.717) is 19.5 Å². The minimum absolute atomic E-state index is 0.0349. The first-order chi connectivity index (χ1) is 14.6. The van der Waals surface area contributed by atoms with Gasteiger partial charge in [-0.3, -0.25) is 19.3 Å². The van der Waals surface area contributed by atoms with Gasteiger partial charge in [0.2, 0.25) is 11.8 Å². The molecule has 0 radical (unpaired) electrons. The van der Waals surface area contributed by atoms with Gasteiger partial charge in [0.25, 0.3) is 0 Å². The highest BCUT2D eigenvalue weighted by molar-refractivity contribution is 5.88. The van der Waals surface area contributed by atoms with E-state index in [9.17, 15) is 14.4 Å². The molecule has 3 rings (SSSR count). The van der Waals surface area contributed by atoms with Crippen molar-refractivity contribution in [1.29, 1.82) is 0 Å². The zero-order valence-electron chi connectivity index (χ0n) is 17.0. The van der Waals surface area contributed by atoms with Crippen LogP contribution in [0.2, 0.25) is 0 Å². The van der Waals surface area contributed by atoms with Crippen LogP contribution in [0, 0.1) is 0 Å². The van der Waals surface area contributed by atoms with Crippen molar-refractivity contribution in [3.05, 3.63) is 71.8 Å². The van der Waals surface area contributed by atoms with E-state index in [2.05, 4.69) is 10.6 Å². The van der Waals surface area contributed by atoms with Crippen LogP contribution < -0.4 is 10.6 Å². The first kappa shape index (κ1) is 21.5. The van der Waals surface area contributed by atoms with Crippen LogP contribution in [0.15, 0.2) is 60.7 Å². The van der Waals surface area contributed by atoms with E-state index in [1.807, 2.05) is 60.7 Å². The number of nitrogens with one attached hydrogen (secondary N) is 2. The Balaban J connectivity index is 1.70. The van der Waals surface area contributed by atoms with E-state index >= 15 is 0 Å². The van der Waals surface area contributed by atoms with Crippen LogP contribution >= 0.6 is 0 Å². The third kappa shape index (κ3) is 5.90. The van der Waals surface area contributed by atoms with Crippen LogP contribution in [0.3, 0.4) is 0 Å². The average molecular weight is 409 g/mol. The number of amides is 2. The predicted octanol–water partition coefficient (Wildman–Crippen LogP) is 1.45. The molecule has 1 saturated heterocycles.